The third-order valence-corrected chi connectivity index (χ3v) is 3.68. The predicted octanol–water partition coefficient (Wildman–Crippen LogP) is 3.71. The molecule has 0 fully saturated rings. The van der Waals surface area contributed by atoms with E-state index in [1.54, 1.807) is 0 Å². The third-order valence-electron chi connectivity index (χ3n) is 2.97. The van der Waals surface area contributed by atoms with Crippen molar-refractivity contribution in [2.45, 2.75) is 32.7 Å². The summed E-state index contributed by atoms with van der Waals surface area (Å²) in [5, 5.41) is 0. The molecule has 0 heterocycles. The van der Waals surface area contributed by atoms with Crippen molar-refractivity contribution in [3.05, 3.63) is 28.2 Å². The molecule has 0 radical (unpaired) electrons. The van der Waals surface area contributed by atoms with Crippen molar-refractivity contribution in [1.29, 1.82) is 0 Å². The first-order valence-corrected chi connectivity index (χ1v) is 6.99. The fourth-order valence-corrected chi connectivity index (χ4v) is 2.39. The number of rotatable bonds is 5. The molecule has 2 nitrogen and oxygen atoms in total. The van der Waals surface area contributed by atoms with Crippen molar-refractivity contribution in [1.82, 2.24) is 0 Å². The van der Waals surface area contributed by atoms with Gasteiger partial charge in [-0.05, 0) is 31.5 Å². The van der Waals surface area contributed by atoms with Crippen LogP contribution in [-0.4, -0.2) is 18.1 Å². The van der Waals surface area contributed by atoms with E-state index in [1.807, 2.05) is 12.1 Å². The zero-order valence-corrected chi connectivity index (χ0v) is 12.9. The van der Waals surface area contributed by atoms with Gasteiger partial charge >= 0.3 is 0 Å². The molecule has 0 saturated heterocycles. The molecule has 0 aliphatic carbocycles. The van der Waals surface area contributed by atoms with Gasteiger partial charge in [0, 0.05) is 28.8 Å². The first-order valence-electron chi connectivity index (χ1n) is 5.79. The highest BCUT2D eigenvalue weighted by Crippen LogP contribution is 2.26. The minimum absolute atomic E-state index is 0.442. The van der Waals surface area contributed by atoms with Crippen LogP contribution in [0.4, 0.5) is 5.69 Å². The Morgan fingerprint density at radius 3 is 2.71 bits per heavy atom. The molecule has 0 saturated carbocycles. The Kier molecular flexibility index (Phi) is 5.40. The summed E-state index contributed by atoms with van der Waals surface area (Å²) in [7, 11) is 2.09. The van der Waals surface area contributed by atoms with Gasteiger partial charge in [-0.15, -0.1) is 0 Å². The fourth-order valence-electron chi connectivity index (χ4n) is 1.86. The Morgan fingerprint density at radius 2 is 2.18 bits per heavy atom. The van der Waals surface area contributed by atoms with E-state index in [0.717, 1.165) is 22.1 Å². The number of anilines is 1. The van der Waals surface area contributed by atoms with Crippen molar-refractivity contribution in [3.8, 4) is 0 Å². The molecule has 0 bridgehead atoms. The smallest absolute Gasteiger partial charge is 0.106 e. The minimum atomic E-state index is 0.442. The molecule has 2 N–H and O–H groups in total. The topological polar surface area (TPSA) is 29.3 Å². The summed E-state index contributed by atoms with van der Waals surface area (Å²) < 4.78 is 1.00. The van der Waals surface area contributed by atoms with E-state index in [0.29, 0.717) is 11.0 Å². The van der Waals surface area contributed by atoms with Crippen molar-refractivity contribution in [2.24, 2.45) is 5.73 Å². The van der Waals surface area contributed by atoms with Gasteiger partial charge in [-0.2, -0.15) is 0 Å². The quantitative estimate of drug-likeness (QED) is 0.840. The lowest BCUT2D eigenvalue weighted by Crippen LogP contribution is -2.30. The largest absolute Gasteiger partial charge is 0.389 e. The number of nitrogens with zero attached hydrogens (tertiary/aromatic N) is 1. The third kappa shape index (κ3) is 3.68. The van der Waals surface area contributed by atoms with E-state index in [1.165, 1.54) is 6.42 Å². The Hall–Kier alpha value is -0.610. The van der Waals surface area contributed by atoms with E-state index in [2.05, 4.69) is 47.8 Å². The highest BCUT2D eigenvalue weighted by atomic mass is 79.9. The summed E-state index contributed by atoms with van der Waals surface area (Å²) in [6.07, 6.45) is 2.33. The number of benzene rings is 1. The van der Waals surface area contributed by atoms with Crippen LogP contribution >= 0.6 is 28.1 Å². The molecule has 0 amide bonds. The SMILES string of the molecule is CCCC(C)N(C)c1ccc(Br)cc1C(N)=S. The first kappa shape index (κ1) is 14.5. The number of nitrogens with two attached hydrogens (primary N) is 1. The number of hydrogen-bond acceptors (Lipinski definition) is 2. The van der Waals surface area contributed by atoms with Crippen LogP contribution in [0.5, 0.6) is 0 Å². The van der Waals surface area contributed by atoms with Crippen molar-refractivity contribution >= 4 is 38.8 Å². The standard InChI is InChI=1S/C13H19BrN2S/c1-4-5-9(2)16(3)12-7-6-10(14)8-11(12)13(15)17/h6-9H,4-5H2,1-3H3,(H2,15,17). The minimum Gasteiger partial charge on any atom is -0.389 e. The maximum absolute atomic E-state index is 5.78. The molecule has 0 aliphatic heterocycles. The monoisotopic (exact) mass is 314 g/mol. The molecule has 1 aromatic carbocycles. The lowest BCUT2D eigenvalue weighted by molar-refractivity contribution is 0.616. The van der Waals surface area contributed by atoms with Gasteiger partial charge in [0.15, 0.2) is 0 Å². The summed E-state index contributed by atoms with van der Waals surface area (Å²) >= 11 is 8.56. The average molecular weight is 315 g/mol. The summed E-state index contributed by atoms with van der Waals surface area (Å²) in [5.74, 6) is 0. The summed E-state index contributed by atoms with van der Waals surface area (Å²) in [4.78, 5) is 2.68. The normalized spacial score (nSPS) is 12.2. The molecule has 94 valence electrons. The van der Waals surface area contributed by atoms with Crippen LogP contribution < -0.4 is 10.6 Å². The average Bonchev–Trinajstić information content (AvgIpc) is 2.28. The molecule has 0 aliphatic rings. The predicted molar refractivity (Wildman–Crippen MR) is 82.8 cm³/mol. The molecule has 1 unspecified atom stereocenters. The van der Waals surface area contributed by atoms with Crippen molar-refractivity contribution in [3.63, 3.8) is 0 Å². The Morgan fingerprint density at radius 1 is 1.53 bits per heavy atom. The zero-order valence-electron chi connectivity index (χ0n) is 10.5. The second-order valence-electron chi connectivity index (χ2n) is 4.27. The lowest BCUT2D eigenvalue weighted by Gasteiger charge is -2.28. The lowest BCUT2D eigenvalue weighted by atomic mass is 10.1. The second kappa shape index (κ2) is 6.36. The highest BCUT2D eigenvalue weighted by Gasteiger charge is 2.14. The van der Waals surface area contributed by atoms with Crippen LogP contribution in [0, 0.1) is 0 Å². The Balaban J connectivity index is 3.08. The van der Waals surface area contributed by atoms with E-state index < -0.39 is 0 Å². The van der Waals surface area contributed by atoms with Gasteiger partial charge in [0.25, 0.3) is 0 Å². The van der Waals surface area contributed by atoms with Crippen LogP contribution in [0.2, 0.25) is 0 Å². The van der Waals surface area contributed by atoms with Crippen LogP contribution in [0.15, 0.2) is 22.7 Å². The summed E-state index contributed by atoms with van der Waals surface area (Å²) in [5.41, 5.74) is 7.81. The van der Waals surface area contributed by atoms with Crippen LogP contribution in [-0.2, 0) is 0 Å². The van der Waals surface area contributed by atoms with E-state index in [4.69, 9.17) is 18.0 Å². The van der Waals surface area contributed by atoms with Gasteiger partial charge in [0.2, 0.25) is 0 Å². The van der Waals surface area contributed by atoms with E-state index >= 15 is 0 Å². The van der Waals surface area contributed by atoms with Gasteiger partial charge in [-0.1, -0.05) is 41.5 Å². The number of hydrogen-bond donors (Lipinski definition) is 1. The number of thiocarbonyl (C=S) groups is 1. The molecule has 1 atom stereocenters. The van der Waals surface area contributed by atoms with Gasteiger partial charge in [0.05, 0.1) is 0 Å². The maximum Gasteiger partial charge on any atom is 0.106 e. The van der Waals surface area contributed by atoms with Crippen LogP contribution in [0.25, 0.3) is 0 Å². The van der Waals surface area contributed by atoms with Crippen LogP contribution in [0.3, 0.4) is 0 Å². The van der Waals surface area contributed by atoms with Crippen LogP contribution in [0.1, 0.15) is 32.3 Å². The molecule has 4 heteroatoms. The van der Waals surface area contributed by atoms with Gasteiger partial charge < -0.3 is 10.6 Å². The van der Waals surface area contributed by atoms with E-state index in [-0.39, 0.29) is 0 Å². The first-order chi connectivity index (χ1) is 7.97. The second-order valence-corrected chi connectivity index (χ2v) is 5.63. The summed E-state index contributed by atoms with van der Waals surface area (Å²) in [6.45, 7) is 4.41. The molecular weight excluding hydrogens is 296 g/mol. The maximum atomic E-state index is 5.78. The Labute approximate surface area is 117 Å². The summed E-state index contributed by atoms with van der Waals surface area (Å²) in [6, 6.07) is 6.54. The van der Waals surface area contributed by atoms with E-state index in [9.17, 15) is 0 Å². The molecule has 0 aromatic heterocycles. The molecule has 1 aromatic rings. The van der Waals surface area contributed by atoms with Gasteiger partial charge in [0.1, 0.15) is 4.99 Å². The Bertz CT molecular complexity index is 406. The van der Waals surface area contributed by atoms with Gasteiger partial charge in [-0.25, -0.2) is 0 Å². The molecular formula is C13H19BrN2S. The molecule has 1 rings (SSSR count). The molecule has 17 heavy (non-hydrogen) atoms. The van der Waals surface area contributed by atoms with Crippen molar-refractivity contribution in [2.75, 3.05) is 11.9 Å². The molecule has 0 spiro atoms. The highest BCUT2D eigenvalue weighted by molar-refractivity contribution is 9.10. The fraction of sp³-hybridized carbons (Fsp3) is 0.462. The van der Waals surface area contributed by atoms with Crippen molar-refractivity contribution < 1.29 is 0 Å². The zero-order chi connectivity index (χ0) is 13.0. The number of halogens is 1. The van der Waals surface area contributed by atoms with Gasteiger partial charge in [-0.3, -0.25) is 0 Å².